The van der Waals surface area contributed by atoms with Gasteiger partial charge in [0.05, 0.1) is 11.7 Å². The van der Waals surface area contributed by atoms with Crippen molar-refractivity contribution in [3.8, 4) is 0 Å². The van der Waals surface area contributed by atoms with E-state index >= 15 is 0 Å². The van der Waals surface area contributed by atoms with Crippen LogP contribution in [0, 0.1) is 12.8 Å². The predicted octanol–water partition coefficient (Wildman–Crippen LogP) is 3.07. The fraction of sp³-hybridized carbons (Fsp3) is 0.409. The number of nitrogens with two attached hydrogens (primary N) is 1. The number of rotatable bonds is 5. The van der Waals surface area contributed by atoms with Gasteiger partial charge >= 0.3 is 0 Å². The van der Waals surface area contributed by atoms with Crippen molar-refractivity contribution in [2.24, 2.45) is 11.7 Å². The van der Waals surface area contributed by atoms with Crippen molar-refractivity contribution in [3.05, 3.63) is 60.2 Å². The minimum atomic E-state index is -0.236. The van der Waals surface area contributed by atoms with E-state index in [4.69, 9.17) is 5.73 Å². The first-order valence-corrected chi connectivity index (χ1v) is 9.97. The summed E-state index contributed by atoms with van der Waals surface area (Å²) in [5, 5.41) is 0. The van der Waals surface area contributed by atoms with Crippen LogP contribution in [0.5, 0.6) is 0 Å². The lowest BCUT2D eigenvalue weighted by Gasteiger charge is -2.33. The number of hydrogen-bond acceptors (Lipinski definition) is 4. The Hall–Kier alpha value is -2.73. The number of amides is 1. The standard InChI is InChI=1S/C22H27N5O/c1-16-25-20-14-24-10-7-21(20)27(16)15-17-8-11-26(12-9-17)22(28)13-19(23)18-5-3-2-4-6-18/h2-7,10,14,17,19H,8-9,11-13,15,23H2,1H3. The molecule has 0 aliphatic carbocycles. The van der Waals surface area contributed by atoms with E-state index in [1.54, 1.807) is 0 Å². The van der Waals surface area contributed by atoms with Crippen molar-refractivity contribution in [2.45, 2.75) is 38.8 Å². The predicted molar refractivity (Wildman–Crippen MR) is 110 cm³/mol. The van der Waals surface area contributed by atoms with E-state index in [-0.39, 0.29) is 11.9 Å². The third-order valence-electron chi connectivity index (χ3n) is 5.77. The number of aromatic nitrogens is 3. The molecule has 146 valence electrons. The maximum atomic E-state index is 12.7. The topological polar surface area (TPSA) is 77.0 Å². The highest BCUT2D eigenvalue weighted by Gasteiger charge is 2.25. The molecule has 1 aliphatic heterocycles. The van der Waals surface area contributed by atoms with Crippen LogP contribution < -0.4 is 5.73 Å². The average molecular weight is 377 g/mol. The Morgan fingerprint density at radius 2 is 1.96 bits per heavy atom. The van der Waals surface area contributed by atoms with E-state index < -0.39 is 0 Å². The lowest BCUT2D eigenvalue weighted by Crippen LogP contribution is -2.40. The molecule has 1 fully saturated rings. The molecule has 0 spiro atoms. The molecular formula is C22H27N5O. The number of nitrogens with zero attached hydrogens (tertiary/aromatic N) is 4. The van der Waals surface area contributed by atoms with Crippen LogP contribution in [-0.2, 0) is 11.3 Å². The number of carbonyl (C=O) groups is 1. The van der Waals surface area contributed by atoms with E-state index in [2.05, 4.69) is 14.5 Å². The summed E-state index contributed by atoms with van der Waals surface area (Å²) >= 11 is 0. The molecule has 4 rings (SSSR count). The van der Waals surface area contributed by atoms with E-state index in [1.807, 2.05) is 60.6 Å². The first-order chi connectivity index (χ1) is 13.6. The number of fused-ring (bicyclic) bond motifs is 1. The molecule has 1 saturated heterocycles. The Labute approximate surface area is 165 Å². The molecule has 6 nitrogen and oxygen atoms in total. The lowest BCUT2D eigenvalue weighted by atomic mass is 9.95. The molecular weight excluding hydrogens is 350 g/mol. The summed E-state index contributed by atoms with van der Waals surface area (Å²) in [5.41, 5.74) is 9.33. The van der Waals surface area contributed by atoms with Crippen LogP contribution in [0.2, 0.25) is 0 Å². The smallest absolute Gasteiger partial charge is 0.224 e. The Balaban J connectivity index is 1.33. The van der Waals surface area contributed by atoms with E-state index in [1.165, 1.54) is 0 Å². The Morgan fingerprint density at radius 3 is 2.71 bits per heavy atom. The van der Waals surface area contributed by atoms with Crippen molar-refractivity contribution in [1.29, 1.82) is 0 Å². The summed E-state index contributed by atoms with van der Waals surface area (Å²) in [7, 11) is 0. The molecule has 0 radical (unpaired) electrons. The molecule has 3 heterocycles. The third-order valence-corrected chi connectivity index (χ3v) is 5.77. The number of imidazole rings is 1. The highest BCUT2D eigenvalue weighted by Crippen LogP contribution is 2.24. The van der Waals surface area contributed by atoms with Gasteiger partial charge in [-0.25, -0.2) is 4.98 Å². The van der Waals surface area contributed by atoms with Crippen LogP contribution >= 0.6 is 0 Å². The number of pyridine rings is 1. The van der Waals surface area contributed by atoms with Crippen molar-refractivity contribution < 1.29 is 4.79 Å². The molecule has 2 N–H and O–H groups in total. The van der Waals surface area contributed by atoms with Crippen molar-refractivity contribution in [3.63, 3.8) is 0 Å². The molecule has 1 aromatic carbocycles. The van der Waals surface area contributed by atoms with Gasteiger partial charge in [0.1, 0.15) is 11.3 Å². The summed E-state index contributed by atoms with van der Waals surface area (Å²) in [6.45, 7) is 4.60. The van der Waals surface area contributed by atoms with Gasteiger partial charge in [-0.15, -0.1) is 0 Å². The quantitative estimate of drug-likeness (QED) is 0.741. The summed E-state index contributed by atoms with van der Waals surface area (Å²) < 4.78 is 2.28. The zero-order valence-corrected chi connectivity index (χ0v) is 16.3. The van der Waals surface area contributed by atoms with Crippen LogP contribution in [0.15, 0.2) is 48.8 Å². The highest BCUT2D eigenvalue weighted by atomic mass is 16.2. The van der Waals surface area contributed by atoms with Crippen LogP contribution in [0.4, 0.5) is 0 Å². The molecule has 0 bridgehead atoms. The first kappa shape index (κ1) is 18.6. The van der Waals surface area contributed by atoms with Crippen LogP contribution in [0.25, 0.3) is 11.0 Å². The Kier molecular flexibility index (Phi) is 5.39. The number of hydrogen-bond donors (Lipinski definition) is 1. The number of likely N-dealkylation sites (tertiary alicyclic amines) is 1. The maximum Gasteiger partial charge on any atom is 0.224 e. The molecule has 6 heteroatoms. The number of benzene rings is 1. The Morgan fingerprint density at radius 1 is 1.21 bits per heavy atom. The molecule has 1 aliphatic rings. The van der Waals surface area contributed by atoms with Gasteiger partial charge in [0.2, 0.25) is 5.91 Å². The average Bonchev–Trinajstić information content (AvgIpc) is 3.04. The van der Waals surface area contributed by atoms with Gasteiger partial charge < -0.3 is 15.2 Å². The molecule has 1 unspecified atom stereocenters. The monoisotopic (exact) mass is 377 g/mol. The largest absolute Gasteiger partial charge is 0.343 e. The van der Waals surface area contributed by atoms with Crippen molar-refractivity contribution in [2.75, 3.05) is 13.1 Å². The molecule has 0 saturated carbocycles. The second-order valence-corrected chi connectivity index (χ2v) is 7.68. The van der Waals surface area contributed by atoms with Crippen LogP contribution in [0.3, 0.4) is 0 Å². The summed E-state index contributed by atoms with van der Waals surface area (Å²) in [6.07, 6.45) is 6.02. The first-order valence-electron chi connectivity index (χ1n) is 9.97. The highest BCUT2D eigenvalue weighted by molar-refractivity contribution is 5.77. The van der Waals surface area contributed by atoms with Gasteiger partial charge in [-0.3, -0.25) is 9.78 Å². The molecule has 1 amide bonds. The van der Waals surface area contributed by atoms with Gasteiger partial charge in [-0.2, -0.15) is 0 Å². The fourth-order valence-corrected chi connectivity index (χ4v) is 4.09. The molecule has 28 heavy (non-hydrogen) atoms. The summed E-state index contributed by atoms with van der Waals surface area (Å²) in [6, 6.07) is 11.6. The van der Waals surface area contributed by atoms with E-state index in [0.29, 0.717) is 12.3 Å². The van der Waals surface area contributed by atoms with Gasteiger partial charge in [0.25, 0.3) is 0 Å². The second kappa shape index (κ2) is 8.10. The number of carbonyl (C=O) groups excluding carboxylic acids is 1. The zero-order valence-electron chi connectivity index (χ0n) is 16.3. The van der Waals surface area contributed by atoms with Crippen molar-refractivity contribution in [1.82, 2.24) is 19.4 Å². The minimum Gasteiger partial charge on any atom is -0.343 e. The molecule has 2 aromatic heterocycles. The third kappa shape index (κ3) is 3.92. The van der Waals surface area contributed by atoms with E-state index in [0.717, 1.165) is 54.9 Å². The number of piperidine rings is 1. The lowest BCUT2D eigenvalue weighted by molar-refractivity contribution is -0.133. The normalized spacial score (nSPS) is 16.4. The van der Waals surface area contributed by atoms with Gasteiger partial charge in [0.15, 0.2) is 0 Å². The minimum absolute atomic E-state index is 0.158. The van der Waals surface area contributed by atoms with Gasteiger partial charge in [-0.05, 0) is 37.3 Å². The molecule has 3 aromatic rings. The van der Waals surface area contributed by atoms with Gasteiger partial charge in [-0.1, -0.05) is 30.3 Å². The number of aryl methyl sites for hydroxylation is 1. The van der Waals surface area contributed by atoms with E-state index in [9.17, 15) is 4.79 Å². The van der Waals surface area contributed by atoms with Gasteiger partial charge in [0, 0.05) is 38.3 Å². The van der Waals surface area contributed by atoms with Crippen molar-refractivity contribution >= 4 is 16.9 Å². The molecule has 1 atom stereocenters. The van der Waals surface area contributed by atoms with Crippen LogP contribution in [-0.4, -0.2) is 38.4 Å². The summed E-state index contributed by atoms with van der Waals surface area (Å²) in [4.78, 5) is 23.4. The second-order valence-electron chi connectivity index (χ2n) is 7.68. The zero-order chi connectivity index (χ0) is 19.5. The fourth-order valence-electron chi connectivity index (χ4n) is 4.09. The Bertz CT molecular complexity index is 944. The SMILES string of the molecule is Cc1nc2cnccc2n1CC1CCN(C(=O)CC(N)c2ccccc2)CC1. The summed E-state index contributed by atoms with van der Waals surface area (Å²) in [5.74, 6) is 1.73. The van der Waals surface area contributed by atoms with Crippen LogP contribution in [0.1, 0.15) is 36.7 Å². The maximum absolute atomic E-state index is 12.7.